The highest BCUT2D eigenvalue weighted by atomic mass is 16.7. The van der Waals surface area contributed by atoms with Crippen LogP contribution in [-0.4, -0.2) is 87.5 Å². The first-order chi connectivity index (χ1) is 31.3. The van der Waals surface area contributed by atoms with Crippen molar-refractivity contribution in [2.24, 2.45) is 0 Å². The maximum Gasteiger partial charge on any atom is 0.220 e. The second-order valence-corrected chi connectivity index (χ2v) is 19.0. The van der Waals surface area contributed by atoms with E-state index in [-0.39, 0.29) is 12.5 Å². The van der Waals surface area contributed by atoms with Crippen molar-refractivity contribution < 1.29 is 39.8 Å². The molecule has 0 radical (unpaired) electrons. The summed E-state index contributed by atoms with van der Waals surface area (Å²) in [5, 5.41) is 54.3. The summed E-state index contributed by atoms with van der Waals surface area (Å²) >= 11 is 0. The lowest BCUT2D eigenvalue weighted by Crippen LogP contribution is -2.60. The van der Waals surface area contributed by atoms with Crippen molar-refractivity contribution in [3.05, 3.63) is 36.5 Å². The Bertz CT molecular complexity index is 1100. The van der Waals surface area contributed by atoms with Crippen LogP contribution in [0.4, 0.5) is 0 Å². The summed E-state index contributed by atoms with van der Waals surface area (Å²) in [6.07, 6.45) is 50.7. The van der Waals surface area contributed by atoms with Gasteiger partial charge in [-0.15, -0.1) is 0 Å². The van der Waals surface area contributed by atoms with Crippen LogP contribution in [0.1, 0.15) is 251 Å². The van der Waals surface area contributed by atoms with Crippen molar-refractivity contribution in [1.29, 1.82) is 0 Å². The molecule has 7 unspecified atom stereocenters. The summed E-state index contributed by atoms with van der Waals surface area (Å²) < 4.78 is 11.2. The Morgan fingerprint density at radius 3 is 1.31 bits per heavy atom. The topological polar surface area (TPSA) is 149 Å². The predicted molar refractivity (Wildman–Crippen MR) is 267 cm³/mol. The highest BCUT2D eigenvalue weighted by molar-refractivity contribution is 5.76. The zero-order chi connectivity index (χ0) is 46.6. The van der Waals surface area contributed by atoms with Crippen LogP contribution in [-0.2, 0) is 14.3 Å². The van der Waals surface area contributed by atoms with Gasteiger partial charge >= 0.3 is 0 Å². The van der Waals surface area contributed by atoms with Gasteiger partial charge in [0.05, 0.1) is 25.4 Å². The Balaban J connectivity index is 2.22. The standard InChI is InChI=1S/C55H103NO8/c1-3-5-7-9-11-13-15-17-19-20-21-22-23-24-25-26-27-28-29-31-33-35-37-39-41-43-45-51(59)56-48(47-63-55-54(62)53(61)52(60)50(46-57)64-55)49(58)44-42-40-38-36-34-32-30-18-16-14-12-10-8-6-4-2/h16,18,34,36,42,44,48-50,52-55,57-58,60-62H,3-15,17,19-33,35,37-41,43,45-47H2,1-2H3,(H,56,59)/b18-16+,36-34+,44-42+. The van der Waals surface area contributed by atoms with Gasteiger partial charge in [0.15, 0.2) is 6.29 Å². The van der Waals surface area contributed by atoms with Gasteiger partial charge in [0.2, 0.25) is 5.91 Å². The molecule has 1 heterocycles. The zero-order valence-corrected chi connectivity index (χ0v) is 41.5. The Morgan fingerprint density at radius 1 is 0.516 bits per heavy atom. The third kappa shape index (κ3) is 34.7. The minimum atomic E-state index is -1.57. The fourth-order valence-electron chi connectivity index (χ4n) is 8.60. The van der Waals surface area contributed by atoms with Gasteiger partial charge in [-0.2, -0.15) is 0 Å². The van der Waals surface area contributed by atoms with Gasteiger partial charge < -0.3 is 40.3 Å². The van der Waals surface area contributed by atoms with E-state index in [0.29, 0.717) is 6.42 Å². The quantitative estimate of drug-likeness (QED) is 0.0261. The molecular weight excluding hydrogens is 803 g/mol. The summed E-state index contributed by atoms with van der Waals surface area (Å²) in [4.78, 5) is 13.0. The van der Waals surface area contributed by atoms with Gasteiger partial charge in [-0.3, -0.25) is 4.79 Å². The third-order valence-corrected chi connectivity index (χ3v) is 12.9. The van der Waals surface area contributed by atoms with Crippen LogP contribution in [0.2, 0.25) is 0 Å². The molecule has 6 N–H and O–H groups in total. The minimum absolute atomic E-state index is 0.187. The highest BCUT2D eigenvalue weighted by Crippen LogP contribution is 2.23. The van der Waals surface area contributed by atoms with E-state index in [1.165, 1.54) is 180 Å². The highest BCUT2D eigenvalue weighted by Gasteiger charge is 2.44. The number of carbonyl (C=O) groups is 1. The molecule has 0 aliphatic carbocycles. The van der Waals surface area contributed by atoms with Crippen molar-refractivity contribution in [3.8, 4) is 0 Å². The molecule has 64 heavy (non-hydrogen) atoms. The molecule has 7 atom stereocenters. The number of ether oxygens (including phenoxy) is 2. The van der Waals surface area contributed by atoms with Gasteiger partial charge in [-0.25, -0.2) is 0 Å². The van der Waals surface area contributed by atoms with Gasteiger partial charge in [0, 0.05) is 6.42 Å². The lowest BCUT2D eigenvalue weighted by Gasteiger charge is -2.40. The van der Waals surface area contributed by atoms with E-state index < -0.39 is 49.5 Å². The van der Waals surface area contributed by atoms with Crippen LogP contribution in [0.25, 0.3) is 0 Å². The Kier molecular flexibility index (Phi) is 42.7. The molecule has 0 bridgehead atoms. The van der Waals surface area contributed by atoms with Crippen LogP contribution < -0.4 is 5.32 Å². The number of rotatable bonds is 46. The fourth-order valence-corrected chi connectivity index (χ4v) is 8.60. The molecule has 0 aromatic rings. The van der Waals surface area contributed by atoms with Crippen molar-refractivity contribution in [1.82, 2.24) is 5.32 Å². The third-order valence-electron chi connectivity index (χ3n) is 12.9. The number of aliphatic hydroxyl groups excluding tert-OH is 5. The molecule has 0 saturated carbocycles. The SMILES string of the molecule is CCCCCCC/C=C/CC/C=C/CC/C=C/C(O)C(COC1OC(CO)C(O)C(O)C1O)NC(=O)CCCCCCCCCCCCCCCCCCCCCCCCCCCC. The van der Waals surface area contributed by atoms with Crippen LogP contribution in [0.5, 0.6) is 0 Å². The van der Waals surface area contributed by atoms with Crippen LogP contribution in [0.15, 0.2) is 36.5 Å². The molecule has 9 nitrogen and oxygen atoms in total. The number of hydrogen-bond donors (Lipinski definition) is 6. The maximum atomic E-state index is 13.0. The van der Waals surface area contributed by atoms with E-state index in [1.807, 2.05) is 6.08 Å². The van der Waals surface area contributed by atoms with Gasteiger partial charge in [0.25, 0.3) is 0 Å². The fraction of sp³-hybridized carbons (Fsp3) is 0.873. The summed E-state index contributed by atoms with van der Waals surface area (Å²) in [7, 11) is 0. The van der Waals surface area contributed by atoms with E-state index >= 15 is 0 Å². The Morgan fingerprint density at radius 2 is 0.891 bits per heavy atom. The number of amides is 1. The molecule has 1 rings (SSSR count). The molecule has 9 heteroatoms. The van der Waals surface area contributed by atoms with Crippen LogP contribution in [0, 0.1) is 0 Å². The van der Waals surface area contributed by atoms with Crippen LogP contribution in [0.3, 0.4) is 0 Å². The summed E-state index contributed by atoms with van der Waals surface area (Å²) in [6.45, 7) is 3.76. The number of aliphatic hydroxyl groups is 5. The molecule has 1 aliphatic heterocycles. The average Bonchev–Trinajstić information content (AvgIpc) is 3.29. The molecule has 0 aromatic carbocycles. The lowest BCUT2D eigenvalue weighted by atomic mass is 9.99. The first kappa shape index (κ1) is 60.4. The first-order valence-corrected chi connectivity index (χ1v) is 27.2. The van der Waals surface area contributed by atoms with Crippen molar-refractivity contribution in [2.75, 3.05) is 13.2 Å². The van der Waals surface area contributed by atoms with E-state index in [9.17, 15) is 30.3 Å². The Hall–Kier alpha value is -1.59. The maximum absolute atomic E-state index is 13.0. The molecule has 0 aromatic heterocycles. The van der Waals surface area contributed by atoms with Gasteiger partial charge in [-0.05, 0) is 44.9 Å². The van der Waals surface area contributed by atoms with E-state index in [0.717, 1.165) is 51.4 Å². The molecule has 0 spiro atoms. The van der Waals surface area contributed by atoms with Crippen molar-refractivity contribution in [2.45, 2.75) is 294 Å². The number of nitrogens with one attached hydrogen (secondary N) is 1. The van der Waals surface area contributed by atoms with E-state index in [4.69, 9.17) is 9.47 Å². The Labute approximate surface area is 393 Å². The number of hydrogen-bond acceptors (Lipinski definition) is 8. The molecule has 376 valence electrons. The number of allylic oxidation sites excluding steroid dienone is 5. The molecule has 1 saturated heterocycles. The smallest absolute Gasteiger partial charge is 0.220 e. The van der Waals surface area contributed by atoms with Gasteiger partial charge in [-0.1, -0.05) is 237 Å². The monoisotopic (exact) mass is 906 g/mol. The van der Waals surface area contributed by atoms with E-state index in [2.05, 4.69) is 43.5 Å². The zero-order valence-electron chi connectivity index (χ0n) is 41.5. The van der Waals surface area contributed by atoms with Crippen molar-refractivity contribution in [3.63, 3.8) is 0 Å². The van der Waals surface area contributed by atoms with Crippen LogP contribution >= 0.6 is 0 Å². The number of unbranched alkanes of at least 4 members (excludes halogenated alkanes) is 32. The normalized spacial score (nSPS) is 20.3. The van der Waals surface area contributed by atoms with E-state index in [1.54, 1.807) is 6.08 Å². The predicted octanol–water partition coefficient (Wildman–Crippen LogP) is 12.8. The largest absolute Gasteiger partial charge is 0.394 e. The minimum Gasteiger partial charge on any atom is -0.394 e. The lowest BCUT2D eigenvalue weighted by molar-refractivity contribution is -0.302. The summed E-state index contributed by atoms with van der Waals surface area (Å²) in [5.41, 5.74) is 0. The van der Waals surface area contributed by atoms with Crippen molar-refractivity contribution >= 4 is 5.91 Å². The second kappa shape index (κ2) is 45.2. The molecule has 1 amide bonds. The molecule has 1 fully saturated rings. The number of carbonyl (C=O) groups excluding carboxylic acids is 1. The average molecular weight is 906 g/mol. The molecule has 1 aliphatic rings. The summed E-state index contributed by atoms with van der Waals surface area (Å²) in [6, 6.07) is -0.825. The van der Waals surface area contributed by atoms with Gasteiger partial charge in [0.1, 0.15) is 24.4 Å². The second-order valence-electron chi connectivity index (χ2n) is 19.0. The summed E-state index contributed by atoms with van der Waals surface area (Å²) in [5.74, 6) is -0.187. The molecular formula is C55H103NO8. The first-order valence-electron chi connectivity index (χ1n) is 27.2.